The van der Waals surface area contributed by atoms with Crippen LogP contribution >= 0.6 is 24.8 Å². The Morgan fingerprint density at radius 1 is 0.897 bits per heavy atom. The van der Waals surface area contributed by atoms with E-state index in [2.05, 4.69) is 54.2 Å². The Kier molecular flexibility index (Phi) is 10.2. The highest BCUT2D eigenvalue weighted by atomic mass is 32.1. The second-order valence-corrected chi connectivity index (χ2v) is 10.8. The highest BCUT2D eigenvalue weighted by Gasteiger charge is 2.27. The first-order chi connectivity index (χ1) is 13.3. The van der Waals surface area contributed by atoms with Crippen molar-refractivity contribution >= 4 is 35.0 Å². The lowest BCUT2D eigenvalue weighted by molar-refractivity contribution is -0.110. The van der Waals surface area contributed by atoms with Gasteiger partial charge in [0.05, 0.1) is 0 Å². The number of aromatic hydroxyl groups is 1. The minimum atomic E-state index is -0.192. The number of thiocarbonyl (C=S) groups is 1. The van der Waals surface area contributed by atoms with Crippen molar-refractivity contribution in [1.29, 1.82) is 0 Å². The first-order valence-corrected chi connectivity index (χ1v) is 11.5. The Hall–Kier alpha value is -1.07. The number of ether oxygens (including phenoxy) is 1. The Balaban J connectivity index is 2.62. The summed E-state index contributed by atoms with van der Waals surface area (Å²) in [5.41, 5.74) is 1.37. The van der Waals surface area contributed by atoms with Gasteiger partial charge in [-0.3, -0.25) is 4.79 Å². The highest BCUT2D eigenvalue weighted by molar-refractivity contribution is 7.96. The minimum Gasteiger partial charge on any atom is -0.507 e. The van der Waals surface area contributed by atoms with Crippen LogP contribution in [0.15, 0.2) is 12.1 Å². The number of hydrogen-bond donors (Lipinski definition) is 2. The molecule has 0 saturated carbocycles. The average Bonchev–Trinajstić information content (AvgIpc) is 2.56. The van der Waals surface area contributed by atoms with Gasteiger partial charge in [0.2, 0.25) is 0 Å². The topological polar surface area (TPSA) is 46.5 Å². The molecule has 0 fully saturated rings. The zero-order valence-corrected chi connectivity index (χ0v) is 20.6. The molecular weight excluding hydrogens is 400 g/mol. The molecule has 0 aliphatic rings. The van der Waals surface area contributed by atoms with Gasteiger partial charge in [-0.15, -0.1) is 12.6 Å². The summed E-state index contributed by atoms with van der Waals surface area (Å²) in [7, 11) is 0. The number of unbranched alkanes of at least 4 members (excludes halogenated alkanes) is 5. The van der Waals surface area contributed by atoms with Crippen LogP contribution in [0.1, 0.15) is 104 Å². The highest BCUT2D eigenvalue weighted by Crippen LogP contribution is 2.41. The lowest BCUT2D eigenvalue weighted by atomic mass is 9.79. The molecule has 29 heavy (non-hydrogen) atoms. The zero-order valence-electron chi connectivity index (χ0n) is 18.9. The van der Waals surface area contributed by atoms with Gasteiger partial charge in [0, 0.05) is 24.0 Å². The lowest BCUT2D eigenvalue weighted by Gasteiger charge is -2.28. The maximum atomic E-state index is 10.8. The van der Waals surface area contributed by atoms with Crippen molar-refractivity contribution < 1.29 is 14.6 Å². The maximum absolute atomic E-state index is 10.8. The van der Waals surface area contributed by atoms with E-state index in [9.17, 15) is 9.90 Å². The van der Waals surface area contributed by atoms with Crippen molar-refractivity contribution in [2.45, 2.75) is 104 Å². The Morgan fingerprint density at radius 3 is 1.72 bits per heavy atom. The van der Waals surface area contributed by atoms with Crippen LogP contribution < -0.4 is 4.74 Å². The van der Waals surface area contributed by atoms with Crippen molar-refractivity contribution in [2.75, 3.05) is 0 Å². The third kappa shape index (κ3) is 9.52. The summed E-state index contributed by atoms with van der Waals surface area (Å²) in [6.45, 7) is 12.5. The number of rotatable bonds is 10. The molecule has 0 radical (unpaired) electrons. The predicted octanol–water partition coefficient (Wildman–Crippen LogP) is 7.27. The van der Waals surface area contributed by atoms with Crippen molar-refractivity contribution in [3.05, 3.63) is 23.3 Å². The van der Waals surface area contributed by atoms with E-state index in [1.165, 1.54) is 0 Å². The molecule has 0 amide bonds. The number of benzene rings is 1. The number of carbonyl (C=O) groups is 1. The lowest BCUT2D eigenvalue weighted by Crippen LogP contribution is -2.18. The molecule has 3 nitrogen and oxygen atoms in total. The first-order valence-electron chi connectivity index (χ1n) is 10.6. The van der Waals surface area contributed by atoms with E-state index in [-0.39, 0.29) is 15.9 Å². The molecule has 0 saturated heterocycles. The monoisotopic (exact) mass is 438 g/mol. The molecule has 0 bridgehead atoms. The van der Waals surface area contributed by atoms with Crippen molar-refractivity contribution in [2.24, 2.45) is 0 Å². The molecule has 164 valence electrons. The summed E-state index contributed by atoms with van der Waals surface area (Å²) < 4.78 is 5.99. The fourth-order valence-corrected chi connectivity index (χ4v) is 3.64. The Morgan fingerprint density at radius 2 is 1.31 bits per heavy atom. The molecule has 0 heterocycles. The largest absolute Gasteiger partial charge is 0.507 e. The van der Waals surface area contributed by atoms with Gasteiger partial charge in [0.25, 0.3) is 0 Å². The van der Waals surface area contributed by atoms with Gasteiger partial charge in [-0.1, -0.05) is 67.2 Å². The van der Waals surface area contributed by atoms with E-state index >= 15 is 0 Å². The molecule has 0 aliphatic carbocycles. The van der Waals surface area contributed by atoms with Crippen LogP contribution in [-0.2, 0) is 15.6 Å². The summed E-state index contributed by atoms with van der Waals surface area (Å²) in [6, 6.07) is 3.83. The van der Waals surface area contributed by atoms with Crippen LogP contribution in [0.25, 0.3) is 0 Å². The molecular formula is C24H38O3S2. The number of thiol groups is 1. The van der Waals surface area contributed by atoms with Gasteiger partial charge in [-0.25, -0.2) is 0 Å². The molecule has 1 N–H and O–H groups in total. The molecule has 0 aliphatic heterocycles. The normalized spacial score (nSPS) is 12.1. The van der Waals surface area contributed by atoms with Gasteiger partial charge in [-0.05, 0) is 48.0 Å². The number of hydrogen-bond acceptors (Lipinski definition) is 4. The van der Waals surface area contributed by atoms with Gasteiger partial charge in [0.15, 0.2) is 10.2 Å². The van der Waals surface area contributed by atoms with E-state index < -0.39 is 0 Å². The average molecular weight is 439 g/mol. The Bertz CT molecular complexity index is 662. The summed E-state index contributed by atoms with van der Waals surface area (Å²) in [6.07, 6.45) is 7.71. The van der Waals surface area contributed by atoms with Gasteiger partial charge >= 0.3 is 0 Å². The van der Waals surface area contributed by atoms with Crippen molar-refractivity contribution in [1.82, 2.24) is 0 Å². The van der Waals surface area contributed by atoms with Crippen molar-refractivity contribution in [3.63, 3.8) is 0 Å². The predicted molar refractivity (Wildman–Crippen MR) is 130 cm³/mol. The van der Waals surface area contributed by atoms with Crippen LogP contribution in [0.3, 0.4) is 0 Å². The number of carbonyl (C=O) groups excluding carboxylic acids is 1. The molecule has 1 aromatic rings. The first kappa shape index (κ1) is 26.0. The molecule has 5 heteroatoms. The van der Waals surface area contributed by atoms with E-state index in [1.807, 2.05) is 12.1 Å². The Labute approximate surface area is 188 Å². The van der Waals surface area contributed by atoms with E-state index in [0.717, 1.165) is 56.1 Å². The standard InChI is InChI=1S/C24H38O3S2/c1-23(2,3)18-15-17(16-19(22(18)26)24(4,5)6)27-21(29)14-12-10-8-7-9-11-13-20(25)28/h15-16,26H,7-14H2,1-6H3,(H,25,28). The van der Waals surface area contributed by atoms with Crippen LogP contribution in [-0.4, -0.2) is 15.3 Å². The van der Waals surface area contributed by atoms with E-state index in [1.54, 1.807) is 0 Å². The van der Waals surface area contributed by atoms with E-state index in [4.69, 9.17) is 17.0 Å². The third-order valence-electron chi connectivity index (χ3n) is 4.95. The quantitative estimate of drug-likeness (QED) is 0.229. The second-order valence-electron chi connectivity index (χ2n) is 9.86. The van der Waals surface area contributed by atoms with Crippen LogP contribution in [0, 0.1) is 0 Å². The van der Waals surface area contributed by atoms with Gasteiger partial charge < -0.3 is 9.84 Å². The summed E-state index contributed by atoms with van der Waals surface area (Å²) in [5, 5.41) is 11.4. The number of phenols is 1. The minimum absolute atomic E-state index is 0.0223. The SMILES string of the molecule is CC(C)(C)c1cc(OC(=S)CCCCCCCCC(=O)S)cc(C(C)(C)C)c1O. The van der Waals surface area contributed by atoms with Crippen LogP contribution in [0.4, 0.5) is 0 Å². The molecule has 1 rings (SSSR count). The molecule has 0 unspecified atom stereocenters. The van der Waals surface area contributed by atoms with Crippen LogP contribution in [0.2, 0.25) is 0 Å². The smallest absolute Gasteiger partial charge is 0.185 e. The molecule has 0 atom stereocenters. The fraction of sp³-hybridized carbons (Fsp3) is 0.667. The molecule has 0 spiro atoms. The fourth-order valence-electron chi connectivity index (χ4n) is 3.25. The third-order valence-corrected chi connectivity index (χ3v) is 5.46. The second kappa shape index (κ2) is 11.4. The van der Waals surface area contributed by atoms with Crippen LogP contribution in [0.5, 0.6) is 11.5 Å². The maximum Gasteiger partial charge on any atom is 0.185 e. The van der Waals surface area contributed by atoms with Crippen molar-refractivity contribution in [3.8, 4) is 11.5 Å². The summed E-state index contributed by atoms with van der Waals surface area (Å²) in [5.74, 6) is 1.06. The summed E-state index contributed by atoms with van der Waals surface area (Å²) >= 11 is 9.25. The van der Waals surface area contributed by atoms with E-state index in [0.29, 0.717) is 23.0 Å². The summed E-state index contributed by atoms with van der Waals surface area (Å²) in [4.78, 5) is 10.8. The molecule has 1 aromatic carbocycles. The number of phenolic OH excluding ortho intramolecular Hbond substituents is 1. The molecule has 0 aromatic heterocycles. The zero-order chi connectivity index (χ0) is 22.2. The van der Waals surface area contributed by atoms with Gasteiger partial charge in [-0.2, -0.15) is 0 Å². The van der Waals surface area contributed by atoms with Gasteiger partial charge in [0.1, 0.15) is 11.5 Å².